The van der Waals surface area contributed by atoms with Crippen LogP contribution in [0.4, 0.5) is 0 Å². The van der Waals surface area contributed by atoms with Gasteiger partial charge in [-0.15, -0.1) is 11.6 Å². The molecule has 0 bridgehead atoms. The lowest BCUT2D eigenvalue weighted by molar-refractivity contribution is 0.363. The van der Waals surface area contributed by atoms with Gasteiger partial charge in [0.1, 0.15) is 12.4 Å². The molecule has 0 aliphatic heterocycles. The Labute approximate surface area is 77.6 Å². The molecule has 0 atom stereocenters. The molecule has 0 radical (unpaired) electrons. The van der Waals surface area contributed by atoms with E-state index in [2.05, 4.69) is 0 Å². The normalized spacial score (nSPS) is 10.4. The molecule has 0 aliphatic rings. The van der Waals surface area contributed by atoms with Crippen LogP contribution in [0.2, 0.25) is 0 Å². The van der Waals surface area contributed by atoms with E-state index in [4.69, 9.17) is 16.3 Å². The number of ether oxygens (including phenoxy) is 1. The van der Waals surface area contributed by atoms with Crippen molar-refractivity contribution in [2.75, 3.05) is 12.5 Å². The van der Waals surface area contributed by atoms with Crippen LogP contribution >= 0.6 is 11.6 Å². The minimum absolute atomic E-state index is 0.540. The van der Waals surface area contributed by atoms with Gasteiger partial charge in [-0.2, -0.15) is 0 Å². The number of halogens is 1. The van der Waals surface area contributed by atoms with Gasteiger partial charge in [-0.3, -0.25) is 0 Å². The molecule has 0 aliphatic carbocycles. The van der Waals surface area contributed by atoms with Gasteiger partial charge in [0.15, 0.2) is 0 Å². The van der Waals surface area contributed by atoms with Crippen LogP contribution in [-0.2, 0) is 0 Å². The fourth-order valence-electron chi connectivity index (χ4n) is 0.792. The highest BCUT2D eigenvalue weighted by Crippen LogP contribution is 2.07. The Morgan fingerprint density at radius 2 is 1.92 bits per heavy atom. The first kappa shape index (κ1) is 9.14. The van der Waals surface area contributed by atoms with Crippen molar-refractivity contribution in [2.45, 2.75) is 0 Å². The van der Waals surface area contributed by atoms with Gasteiger partial charge in [-0.05, 0) is 12.1 Å². The van der Waals surface area contributed by atoms with Gasteiger partial charge in [-0.1, -0.05) is 30.4 Å². The SMILES string of the molecule is ClC/C=C\COc1ccccc1. The Hall–Kier alpha value is -0.950. The van der Waals surface area contributed by atoms with E-state index in [9.17, 15) is 0 Å². The second-order valence-corrected chi connectivity index (χ2v) is 2.56. The lowest BCUT2D eigenvalue weighted by Crippen LogP contribution is -1.92. The van der Waals surface area contributed by atoms with E-state index >= 15 is 0 Å². The molecule has 0 fully saturated rings. The zero-order valence-electron chi connectivity index (χ0n) is 6.74. The molecule has 0 amide bonds. The first-order valence-corrected chi connectivity index (χ1v) is 4.36. The highest BCUT2D eigenvalue weighted by molar-refractivity contribution is 6.18. The van der Waals surface area contributed by atoms with Crippen LogP contribution in [0.25, 0.3) is 0 Å². The Bertz CT molecular complexity index is 231. The van der Waals surface area contributed by atoms with Crippen molar-refractivity contribution >= 4 is 11.6 Å². The molecule has 1 nitrogen and oxygen atoms in total. The second kappa shape index (κ2) is 5.67. The van der Waals surface area contributed by atoms with E-state index in [1.807, 2.05) is 42.5 Å². The van der Waals surface area contributed by atoms with E-state index < -0.39 is 0 Å². The van der Waals surface area contributed by atoms with Crippen molar-refractivity contribution in [1.29, 1.82) is 0 Å². The van der Waals surface area contributed by atoms with Crippen LogP contribution in [-0.4, -0.2) is 12.5 Å². The topological polar surface area (TPSA) is 9.23 Å². The summed E-state index contributed by atoms with van der Waals surface area (Å²) in [6.45, 7) is 0.580. The second-order valence-electron chi connectivity index (χ2n) is 2.25. The lowest BCUT2D eigenvalue weighted by Gasteiger charge is -2.00. The summed E-state index contributed by atoms with van der Waals surface area (Å²) in [6.07, 6.45) is 3.77. The standard InChI is InChI=1S/C10H11ClO/c11-8-4-5-9-12-10-6-2-1-3-7-10/h1-7H,8-9H2/b5-4-. The highest BCUT2D eigenvalue weighted by atomic mass is 35.5. The summed E-state index contributed by atoms with van der Waals surface area (Å²) in [4.78, 5) is 0. The first-order valence-electron chi connectivity index (χ1n) is 3.82. The Balaban J connectivity index is 2.29. The van der Waals surface area contributed by atoms with Crippen LogP contribution in [0.3, 0.4) is 0 Å². The van der Waals surface area contributed by atoms with Crippen LogP contribution in [0, 0.1) is 0 Å². The van der Waals surface area contributed by atoms with E-state index in [0.717, 1.165) is 5.75 Å². The number of hydrogen-bond donors (Lipinski definition) is 0. The average Bonchev–Trinajstić information content (AvgIpc) is 2.14. The summed E-state index contributed by atoms with van der Waals surface area (Å²) >= 11 is 5.44. The molecule has 0 saturated carbocycles. The smallest absolute Gasteiger partial charge is 0.119 e. The number of rotatable bonds is 4. The third-order valence-corrected chi connectivity index (χ3v) is 1.52. The third kappa shape index (κ3) is 3.44. The van der Waals surface area contributed by atoms with E-state index in [1.54, 1.807) is 0 Å². The van der Waals surface area contributed by atoms with Crippen molar-refractivity contribution in [2.24, 2.45) is 0 Å². The Kier molecular flexibility index (Phi) is 4.32. The highest BCUT2D eigenvalue weighted by Gasteiger charge is 1.86. The van der Waals surface area contributed by atoms with Crippen LogP contribution in [0.15, 0.2) is 42.5 Å². The molecule has 64 valence electrons. The number of benzene rings is 1. The predicted molar refractivity (Wildman–Crippen MR) is 51.8 cm³/mol. The largest absolute Gasteiger partial charge is 0.490 e. The van der Waals surface area contributed by atoms with Gasteiger partial charge < -0.3 is 4.74 Å². The van der Waals surface area contributed by atoms with Crippen molar-refractivity contribution in [3.8, 4) is 5.75 Å². The zero-order chi connectivity index (χ0) is 8.65. The maximum Gasteiger partial charge on any atom is 0.119 e. The zero-order valence-corrected chi connectivity index (χ0v) is 7.50. The maximum absolute atomic E-state index is 5.44. The average molecular weight is 183 g/mol. The molecule has 0 unspecified atom stereocenters. The van der Waals surface area contributed by atoms with Crippen LogP contribution < -0.4 is 4.74 Å². The first-order chi connectivity index (χ1) is 5.93. The van der Waals surface area contributed by atoms with Gasteiger partial charge in [0, 0.05) is 5.88 Å². The lowest BCUT2D eigenvalue weighted by atomic mass is 10.3. The molecule has 2 heteroatoms. The molecule has 0 saturated heterocycles. The molecule has 0 spiro atoms. The molecular formula is C10H11ClO. The van der Waals surface area contributed by atoms with Gasteiger partial charge in [0.2, 0.25) is 0 Å². The van der Waals surface area contributed by atoms with Crippen molar-refractivity contribution in [3.05, 3.63) is 42.5 Å². The van der Waals surface area contributed by atoms with Crippen LogP contribution in [0.5, 0.6) is 5.75 Å². The molecule has 1 rings (SSSR count). The van der Waals surface area contributed by atoms with Gasteiger partial charge in [-0.25, -0.2) is 0 Å². The molecule has 1 aromatic rings. The summed E-state index contributed by atoms with van der Waals surface area (Å²) in [5, 5.41) is 0. The molecule has 0 aromatic heterocycles. The Morgan fingerprint density at radius 3 is 2.58 bits per heavy atom. The number of alkyl halides is 1. The third-order valence-electron chi connectivity index (χ3n) is 1.35. The monoisotopic (exact) mass is 182 g/mol. The molecule has 0 heterocycles. The van der Waals surface area contributed by atoms with E-state index in [1.165, 1.54) is 0 Å². The van der Waals surface area contributed by atoms with Crippen molar-refractivity contribution in [3.63, 3.8) is 0 Å². The summed E-state index contributed by atoms with van der Waals surface area (Å²) in [7, 11) is 0. The number of para-hydroxylation sites is 1. The summed E-state index contributed by atoms with van der Waals surface area (Å²) in [6, 6.07) is 9.70. The Morgan fingerprint density at radius 1 is 1.17 bits per heavy atom. The minimum Gasteiger partial charge on any atom is -0.490 e. The number of allylic oxidation sites excluding steroid dienone is 1. The van der Waals surface area contributed by atoms with Crippen molar-refractivity contribution < 1.29 is 4.74 Å². The molecular weight excluding hydrogens is 172 g/mol. The summed E-state index contributed by atoms with van der Waals surface area (Å²) < 4.78 is 5.36. The predicted octanol–water partition coefficient (Wildman–Crippen LogP) is 2.86. The van der Waals surface area contributed by atoms with Gasteiger partial charge in [0.05, 0.1) is 0 Å². The van der Waals surface area contributed by atoms with Crippen LogP contribution in [0.1, 0.15) is 0 Å². The molecule has 0 N–H and O–H groups in total. The minimum atomic E-state index is 0.540. The summed E-state index contributed by atoms with van der Waals surface area (Å²) in [5.41, 5.74) is 0. The van der Waals surface area contributed by atoms with Crippen molar-refractivity contribution in [1.82, 2.24) is 0 Å². The van der Waals surface area contributed by atoms with E-state index in [0.29, 0.717) is 12.5 Å². The molecule has 12 heavy (non-hydrogen) atoms. The van der Waals surface area contributed by atoms with Gasteiger partial charge in [0.25, 0.3) is 0 Å². The number of hydrogen-bond acceptors (Lipinski definition) is 1. The fraction of sp³-hybridized carbons (Fsp3) is 0.200. The fourth-order valence-corrected chi connectivity index (χ4v) is 0.918. The van der Waals surface area contributed by atoms with Gasteiger partial charge >= 0.3 is 0 Å². The molecule has 1 aromatic carbocycles. The quantitative estimate of drug-likeness (QED) is 0.514. The van der Waals surface area contributed by atoms with E-state index in [-0.39, 0.29) is 0 Å². The maximum atomic E-state index is 5.44. The summed E-state index contributed by atoms with van der Waals surface area (Å²) in [5.74, 6) is 1.43.